The minimum Gasteiger partial charge on any atom is -0.378 e. The van der Waals surface area contributed by atoms with Gasteiger partial charge in [0.25, 0.3) is 0 Å². The summed E-state index contributed by atoms with van der Waals surface area (Å²) in [6, 6.07) is 7.82. The van der Waals surface area contributed by atoms with Gasteiger partial charge in [0.15, 0.2) is 0 Å². The molecular weight excluding hydrogens is 290 g/mol. The molecule has 5 nitrogen and oxygen atoms in total. The Hall–Kier alpha value is -2.04. The van der Waals surface area contributed by atoms with E-state index in [2.05, 4.69) is 5.32 Å². The highest BCUT2D eigenvalue weighted by Gasteiger charge is 2.15. The third-order valence-electron chi connectivity index (χ3n) is 4.05. The molecule has 0 saturated heterocycles. The molecule has 0 heterocycles. The van der Waals surface area contributed by atoms with Crippen LogP contribution in [0.25, 0.3) is 0 Å². The summed E-state index contributed by atoms with van der Waals surface area (Å²) in [5.41, 5.74) is 1.93. The van der Waals surface area contributed by atoms with Gasteiger partial charge in [0, 0.05) is 51.4 Å². The van der Waals surface area contributed by atoms with Crippen LogP contribution in [0.5, 0.6) is 0 Å². The molecule has 23 heavy (non-hydrogen) atoms. The van der Waals surface area contributed by atoms with Crippen molar-refractivity contribution in [2.75, 3.05) is 37.0 Å². The lowest BCUT2D eigenvalue weighted by Gasteiger charge is -2.23. The largest absolute Gasteiger partial charge is 0.378 e. The maximum Gasteiger partial charge on any atom is 0.223 e. The first-order valence-electron chi connectivity index (χ1n) is 8.23. The van der Waals surface area contributed by atoms with E-state index in [0.717, 1.165) is 24.2 Å². The minimum absolute atomic E-state index is 0.0283. The molecule has 0 spiro atoms. The molecule has 0 aliphatic rings. The van der Waals surface area contributed by atoms with Gasteiger partial charge in [-0.3, -0.25) is 9.59 Å². The van der Waals surface area contributed by atoms with Crippen LogP contribution in [0.2, 0.25) is 0 Å². The van der Waals surface area contributed by atoms with Crippen LogP contribution in [0.4, 0.5) is 11.4 Å². The molecule has 128 valence electrons. The molecular formula is C18H29N3O2. The van der Waals surface area contributed by atoms with Gasteiger partial charge in [-0.15, -0.1) is 0 Å². The van der Waals surface area contributed by atoms with E-state index in [0.29, 0.717) is 13.1 Å². The van der Waals surface area contributed by atoms with Gasteiger partial charge in [-0.25, -0.2) is 0 Å². The van der Waals surface area contributed by atoms with Crippen LogP contribution in [0.1, 0.15) is 33.6 Å². The van der Waals surface area contributed by atoms with E-state index < -0.39 is 0 Å². The number of anilines is 2. The summed E-state index contributed by atoms with van der Waals surface area (Å²) in [5.74, 6) is 0.0981. The van der Waals surface area contributed by atoms with Crippen LogP contribution < -0.4 is 15.1 Å². The molecule has 1 aromatic carbocycles. The molecule has 0 atom stereocenters. The van der Waals surface area contributed by atoms with Crippen molar-refractivity contribution in [1.29, 1.82) is 0 Å². The van der Waals surface area contributed by atoms with E-state index in [4.69, 9.17) is 0 Å². The summed E-state index contributed by atoms with van der Waals surface area (Å²) in [6.07, 6.45) is 1.68. The number of amides is 2. The molecule has 1 aromatic rings. The van der Waals surface area contributed by atoms with Crippen molar-refractivity contribution < 1.29 is 9.59 Å². The molecule has 0 aromatic heterocycles. The number of carbonyl (C=O) groups excluding carboxylic acids is 2. The average Bonchev–Trinajstić information content (AvgIpc) is 2.52. The van der Waals surface area contributed by atoms with Crippen LogP contribution >= 0.6 is 0 Å². The van der Waals surface area contributed by atoms with Crippen molar-refractivity contribution in [1.82, 2.24) is 5.32 Å². The number of benzene rings is 1. The van der Waals surface area contributed by atoms with Crippen molar-refractivity contribution in [3.05, 3.63) is 24.3 Å². The Morgan fingerprint density at radius 2 is 1.57 bits per heavy atom. The summed E-state index contributed by atoms with van der Waals surface area (Å²) in [7, 11) is 3.95. The van der Waals surface area contributed by atoms with Gasteiger partial charge in [0.2, 0.25) is 11.8 Å². The second-order valence-corrected chi connectivity index (χ2v) is 5.89. The highest BCUT2D eigenvalue weighted by molar-refractivity contribution is 5.91. The van der Waals surface area contributed by atoms with E-state index in [-0.39, 0.29) is 17.7 Å². The standard InChI is InChI=1S/C18H29N3O2/c1-6-15(7-2)18(23)19-12-13-21(14(3)22)17-10-8-16(9-11-17)20(4)5/h8-11,15H,6-7,12-13H2,1-5H3,(H,19,23). The van der Waals surface area contributed by atoms with Crippen LogP contribution in [0.3, 0.4) is 0 Å². The predicted octanol–water partition coefficient (Wildman–Crippen LogP) is 2.66. The maximum atomic E-state index is 12.0. The van der Waals surface area contributed by atoms with E-state index in [1.54, 1.807) is 11.8 Å². The Balaban J connectivity index is 2.66. The first-order valence-corrected chi connectivity index (χ1v) is 8.23. The average molecular weight is 319 g/mol. The molecule has 5 heteroatoms. The summed E-state index contributed by atoms with van der Waals surface area (Å²) >= 11 is 0. The van der Waals surface area contributed by atoms with E-state index >= 15 is 0 Å². The van der Waals surface area contributed by atoms with E-state index in [1.165, 1.54) is 0 Å². The van der Waals surface area contributed by atoms with Crippen molar-refractivity contribution in [2.24, 2.45) is 5.92 Å². The Morgan fingerprint density at radius 3 is 2.00 bits per heavy atom. The SMILES string of the molecule is CCC(CC)C(=O)NCCN(C(C)=O)c1ccc(N(C)C)cc1. The van der Waals surface area contributed by atoms with Crippen molar-refractivity contribution in [3.63, 3.8) is 0 Å². The first-order chi connectivity index (χ1) is 10.9. The Kier molecular flexibility index (Phi) is 7.59. The maximum absolute atomic E-state index is 12.0. The second kappa shape index (κ2) is 9.18. The van der Waals surface area contributed by atoms with Gasteiger partial charge in [-0.2, -0.15) is 0 Å². The Labute approximate surface area is 139 Å². The van der Waals surface area contributed by atoms with Gasteiger partial charge in [0.05, 0.1) is 0 Å². The second-order valence-electron chi connectivity index (χ2n) is 5.89. The Bertz CT molecular complexity index is 508. The van der Waals surface area contributed by atoms with Crippen molar-refractivity contribution in [3.8, 4) is 0 Å². The third kappa shape index (κ3) is 5.58. The number of carbonyl (C=O) groups is 2. The van der Waals surface area contributed by atoms with Crippen molar-refractivity contribution in [2.45, 2.75) is 33.6 Å². The van der Waals surface area contributed by atoms with E-state index in [9.17, 15) is 9.59 Å². The molecule has 0 unspecified atom stereocenters. The van der Waals surface area contributed by atoms with Crippen LogP contribution in [-0.2, 0) is 9.59 Å². The monoisotopic (exact) mass is 319 g/mol. The summed E-state index contributed by atoms with van der Waals surface area (Å²) in [6.45, 7) is 6.51. The lowest BCUT2D eigenvalue weighted by Crippen LogP contribution is -2.39. The highest BCUT2D eigenvalue weighted by atomic mass is 16.2. The molecule has 0 fully saturated rings. The van der Waals surface area contributed by atoms with Crippen molar-refractivity contribution >= 4 is 23.2 Å². The molecule has 1 N–H and O–H groups in total. The number of rotatable bonds is 8. The van der Waals surface area contributed by atoms with Crippen LogP contribution in [0.15, 0.2) is 24.3 Å². The Morgan fingerprint density at radius 1 is 1.04 bits per heavy atom. The zero-order chi connectivity index (χ0) is 17.4. The number of hydrogen-bond donors (Lipinski definition) is 1. The first kappa shape index (κ1) is 19.0. The third-order valence-corrected chi connectivity index (χ3v) is 4.05. The molecule has 0 bridgehead atoms. The fourth-order valence-electron chi connectivity index (χ4n) is 2.49. The van der Waals surface area contributed by atoms with Gasteiger partial charge >= 0.3 is 0 Å². The fraction of sp³-hybridized carbons (Fsp3) is 0.556. The van der Waals surface area contributed by atoms with Crippen LogP contribution in [0, 0.1) is 5.92 Å². The minimum atomic E-state index is -0.0283. The smallest absolute Gasteiger partial charge is 0.223 e. The topological polar surface area (TPSA) is 52.7 Å². The fourth-order valence-corrected chi connectivity index (χ4v) is 2.49. The number of hydrogen-bond acceptors (Lipinski definition) is 3. The van der Waals surface area contributed by atoms with E-state index in [1.807, 2.05) is 57.1 Å². The molecule has 0 aliphatic carbocycles. The molecule has 1 rings (SSSR count). The van der Waals surface area contributed by atoms with Crippen LogP contribution in [-0.4, -0.2) is 39.0 Å². The molecule has 0 aliphatic heterocycles. The van der Waals surface area contributed by atoms with Gasteiger partial charge in [-0.05, 0) is 37.1 Å². The number of nitrogens with one attached hydrogen (secondary N) is 1. The predicted molar refractivity (Wildman–Crippen MR) is 95.9 cm³/mol. The summed E-state index contributed by atoms with van der Waals surface area (Å²) in [4.78, 5) is 27.6. The quantitative estimate of drug-likeness (QED) is 0.801. The molecule has 2 amide bonds. The lowest BCUT2D eigenvalue weighted by atomic mass is 10.0. The normalized spacial score (nSPS) is 10.5. The van der Waals surface area contributed by atoms with Gasteiger partial charge in [-0.1, -0.05) is 13.8 Å². The lowest BCUT2D eigenvalue weighted by molar-refractivity contribution is -0.125. The van der Waals surface area contributed by atoms with Gasteiger partial charge in [0.1, 0.15) is 0 Å². The molecule has 0 saturated carbocycles. The highest BCUT2D eigenvalue weighted by Crippen LogP contribution is 2.19. The molecule has 0 radical (unpaired) electrons. The number of nitrogens with zero attached hydrogens (tertiary/aromatic N) is 2. The summed E-state index contributed by atoms with van der Waals surface area (Å²) < 4.78 is 0. The zero-order valence-corrected chi connectivity index (χ0v) is 14.9. The zero-order valence-electron chi connectivity index (χ0n) is 14.9. The summed E-state index contributed by atoms with van der Waals surface area (Å²) in [5, 5.41) is 2.93. The van der Waals surface area contributed by atoms with Gasteiger partial charge < -0.3 is 15.1 Å².